The quantitative estimate of drug-likeness (QED) is 0.549. The molecule has 1 unspecified atom stereocenters. The summed E-state index contributed by atoms with van der Waals surface area (Å²) in [6.07, 6.45) is 2.49. The van der Waals surface area contributed by atoms with Crippen LogP contribution in [0, 0.1) is 13.8 Å². The van der Waals surface area contributed by atoms with Crippen LogP contribution >= 0.6 is 11.1 Å². The summed E-state index contributed by atoms with van der Waals surface area (Å²) in [5, 5.41) is 1.40. The van der Waals surface area contributed by atoms with Crippen LogP contribution in [0.4, 0.5) is 0 Å². The second kappa shape index (κ2) is 5.18. The summed E-state index contributed by atoms with van der Waals surface area (Å²) < 4.78 is 0. The maximum absolute atomic E-state index is 6.72. The van der Waals surface area contributed by atoms with E-state index in [1.165, 1.54) is 35.2 Å². The van der Waals surface area contributed by atoms with Crippen molar-refractivity contribution in [2.45, 2.75) is 46.2 Å². The van der Waals surface area contributed by atoms with Crippen molar-refractivity contribution in [2.24, 2.45) is 0 Å². The molecule has 1 aromatic rings. The highest BCUT2D eigenvalue weighted by atomic mass is 35.6. The predicted molar refractivity (Wildman–Crippen MR) is 72.7 cm³/mol. The fraction of sp³-hybridized carbons (Fsp3) is 0.538. The van der Waals surface area contributed by atoms with Gasteiger partial charge in [-0.3, -0.25) is 0 Å². The fourth-order valence-electron chi connectivity index (χ4n) is 1.93. The van der Waals surface area contributed by atoms with Gasteiger partial charge in [-0.25, -0.2) is 0 Å². The maximum atomic E-state index is 6.72. The van der Waals surface area contributed by atoms with Crippen molar-refractivity contribution in [2.75, 3.05) is 0 Å². The summed E-state index contributed by atoms with van der Waals surface area (Å²) in [5.74, 6) is 0. The summed E-state index contributed by atoms with van der Waals surface area (Å²) >= 11 is 6.72. The Balaban J connectivity index is 2.93. The molecular formula is C13H21ClSi. The molecular weight excluding hydrogens is 220 g/mol. The Morgan fingerprint density at radius 2 is 1.67 bits per heavy atom. The molecule has 0 bridgehead atoms. The van der Waals surface area contributed by atoms with Gasteiger partial charge in [0.05, 0.1) is 0 Å². The van der Waals surface area contributed by atoms with Gasteiger partial charge >= 0.3 is 0 Å². The van der Waals surface area contributed by atoms with Crippen LogP contribution in [0.3, 0.4) is 0 Å². The Kier molecular flexibility index (Phi) is 4.41. The summed E-state index contributed by atoms with van der Waals surface area (Å²) in [6, 6.07) is 7.93. The zero-order valence-electron chi connectivity index (χ0n) is 10.2. The molecule has 0 aliphatic rings. The summed E-state index contributed by atoms with van der Waals surface area (Å²) in [7, 11) is -1.69. The minimum Gasteiger partial charge on any atom is -0.161 e. The molecule has 0 nitrogen and oxygen atoms in total. The van der Waals surface area contributed by atoms with Crippen molar-refractivity contribution in [1.29, 1.82) is 0 Å². The van der Waals surface area contributed by atoms with Crippen LogP contribution in [0.5, 0.6) is 0 Å². The number of rotatable bonds is 4. The van der Waals surface area contributed by atoms with E-state index < -0.39 is 7.38 Å². The molecule has 0 saturated heterocycles. The van der Waals surface area contributed by atoms with Crippen LogP contribution < -0.4 is 5.19 Å². The lowest BCUT2D eigenvalue weighted by Crippen LogP contribution is -2.38. The SMILES string of the molecule is CCCC[Si](C)(Cl)c1cc(C)cc(C)c1. The normalized spacial score (nSPS) is 15.0. The van der Waals surface area contributed by atoms with Crippen molar-refractivity contribution < 1.29 is 0 Å². The minimum atomic E-state index is -1.69. The van der Waals surface area contributed by atoms with E-state index in [1.807, 2.05) is 0 Å². The molecule has 1 atom stereocenters. The van der Waals surface area contributed by atoms with E-state index in [0.29, 0.717) is 0 Å². The van der Waals surface area contributed by atoms with Crippen molar-refractivity contribution in [3.8, 4) is 0 Å². The molecule has 0 fully saturated rings. The predicted octanol–water partition coefficient (Wildman–Crippen LogP) is 4.12. The molecule has 0 N–H and O–H groups in total. The smallest absolute Gasteiger partial charge is 0.161 e. The lowest BCUT2D eigenvalue weighted by atomic mass is 10.2. The molecule has 0 spiro atoms. The lowest BCUT2D eigenvalue weighted by molar-refractivity contribution is 0.874. The van der Waals surface area contributed by atoms with Crippen LogP contribution in [-0.2, 0) is 0 Å². The number of benzene rings is 1. The van der Waals surface area contributed by atoms with Crippen molar-refractivity contribution in [3.63, 3.8) is 0 Å². The van der Waals surface area contributed by atoms with Gasteiger partial charge in [-0.05, 0) is 25.1 Å². The lowest BCUT2D eigenvalue weighted by Gasteiger charge is -2.20. The van der Waals surface area contributed by atoms with Gasteiger partial charge in [0.1, 0.15) is 0 Å². The Morgan fingerprint density at radius 1 is 1.13 bits per heavy atom. The minimum absolute atomic E-state index is 1.19. The molecule has 2 heteroatoms. The first-order chi connectivity index (χ1) is 6.95. The van der Waals surface area contributed by atoms with Crippen molar-refractivity contribution in [1.82, 2.24) is 0 Å². The Labute approximate surface area is 99.4 Å². The van der Waals surface area contributed by atoms with E-state index in [9.17, 15) is 0 Å². The van der Waals surface area contributed by atoms with Gasteiger partial charge < -0.3 is 0 Å². The topological polar surface area (TPSA) is 0 Å². The van der Waals surface area contributed by atoms with Crippen LogP contribution in [0.1, 0.15) is 30.9 Å². The number of hydrogen-bond acceptors (Lipinski definition) is 0. The monoisotopic (exact) mass is 240 g/mol. The van der Waals surface area contributed by atoms with Gasteiger partial charge in [-0.1, -0.05) is 55.6 Å². The second-order valence-corrected chi connectivity index (χ2v) is 10.7. The number of hydrogen-bond donors (Lipinski definition) is 0. The molecule has 0 aromatic heterocycles. The molecule has 0 radical (unpaired) electrons. The summed E-state index contributed by atoms with van der Waals surface area (Å²) in [6.45, 7) is 8.79. The first-order valence-corrected chi connectivity index (χ1v) is 9.45. The third-order valence-electron chi connectivity index (χ3n) is 2.82. The Morgan fingerprint density at radius 3 is 2.13 bits per heavy atom. The van der Waals surface area contributed by atoms with Gasteiger partial charge in [0.2, 0.25) is 0 Å². The van der Waals surface area contributed by atoms with Crippen LogP contribution in [0.15, 0.2) is 18.2 Å². The Bertz CT molecular complexity index is 311. The first-order valence-electron chi connectivity index (χ1n) is 5.73. The summed E-state index contributed by atoms with van der Waals surface area (Å²) in [5.41, 5.74) is 2.67. The van der Waals surface area contributed by atoms with Crippen LogP contribution in [0.2, 0.25) is 12.6 Å². The first kappa shape index (κ1) is 12.8. The van der Waals surface area contributed by atoms with Gasteiger partial charge in [0.25, 0.3) is 0 Å². The van der Waals surface area contributed by atoms with Gasteiger partial charge in [-0.15, -0.1) is 0 Å². The highest BCUT2D eigenvalue weighted by Gasteiger charge is 2.26. The second-order valence-electron chi connectivity index (χ2n) is 4.68. The molecule has 0 aliphatic carbocycles. The highest BCUT2D eigenvalue weighted by molar-refractivity contribution is 7.26. The van der Waals surface area contributed by atoms with E-state index in [2.05, 4.69) is 45.5 Å². The molecule has 1 rings (SSSR count). The zero-order chi connectivity index (χ0) is 11.5. The van der Waals surface area contributed by atoms with Gasteiger partial charge in [-0.2, -0.15) is 11.1 Å². The van der Waals surface area contributed by atoms with E-state index in [4.69, 9.17) is 11.1 Å². The van der Waals surface area contributed by atoms with Crippen molar-refractivity contribution >= 4 is 23.6 Å². The number of halogens is 1. The third-order valence-corrected chi connectivity index (χ3v) is 6.83. The average Bonchev–Trinajstić information content (AvgIpc) is 2.13. The largest absolute Gasteiger partial charge is 0.183 e. The van der Waals surface area contributed by atoms with E-state index in [-0.39, 0.29) is 0 Å². The van der Waals surface area contributed by atoms with E-state index in [0.717, 1.165) is 0 Å². The van der Waals surface area contributed by atoms with E-state index in [1.54, 1.807) is 0 Å². The molecule has 84 valence electrons. The Hall–Kier alpha value is -0.273. The standard InChI is InChI=1S/C13H21ClSi/c1-5-6-7-15(4,14)13-9-11(2)8-12(3)10-13/h8-10H,5-7H2,1-4H3. The zero-order valence-corrected chi connectivity index (χ0v) is 12.0. The van der Waals surface area contributed by atoms with E-state index >= 15 is 0 Å². The van der Waals surface area contributed by atoms with Crippen LogP contribution in [-0.4, -0.2) is 7.38 Å². The molecule has 0 saturated carbocycles. The molecule has 0 aliphatic heterocycles. The van der Waals surface area contributed by atoms with Gasteiger partial charge in [0, 0.05) is 0 Å². The van der Waals surface area contributed by atoms with Crippen molar-refractivity contribution in [3.05, 3.63) is 29.3 Å². The molecule has 15 heavy (non-hydrogen) atoms. The van der Waals surface area contributed by atoms with Crippen LogP contribution in [0.25, 0.3) is 0 Å². The highest BCUT2D eigenvalue weighted by Crippen LogP contribution is 2.19. The molecule has 1 aromatic carbocycles. The summed E-state index contributed by atoms with van der Waals surface area (Å²) in [4.78, 5) is 0. The fourth-order valence-corrected chi connectivity index (χ4v) is 5.02. The maximum Gasteiger partial charge on any atom is 0.183 e. The number of unbranched alkanes of at least 4 members (excludes halogenated alkanes) is 1. The van der Waals surface area contributed by atoms with Gasteiger partial charge in [0.15, 0.2) is 7.38 Å². The number of aryl methyl sites for hydroxylation is 2. The molecule has 0 amide bonds. The third kappa shape index (κ3) is 3.65. The molecule has 0 heterocycles. The average molecular weight is 241 g/mol.